The van der Waals surface area contributed by atoms with Crippen LogP contribution in [0.5, 0.6) is 57.5 Å². The topological polar surface area (TPSA) is 241 Å². The molecule has 0 amide bonds. The van der Waals surface area contributed by atoms with E-state index in [9.17, 15) is 56.2 Å². The molecule has 0 bridgehead atoms. The Morgan fingerprint density at radius 1 is 0.442 bits per heavy atom. The van der Waals surface area contributed by atoms with Crippen molar-refractivity contribution in [2.24, 2.45) is 0 Å². The van der Waals surface area contributed by atoms with Crippen LogP contribution in [0.15, 0.2) is 54.6 Å². The Labute approximate surface area is 242 Å². The summed E-state index contributed by atoms with van der Waals surface area (Å²) in [6.07, 6.45) is -7.67. The molecule has 2 aliphatic heterocycles. The van der Waals surface area contributed by atoms with Crippen molar-refractivity contribution in [3.63, 3.8) is 0 Å². The fourth-order valence-electron chi connectivity index (χ4n) is 5.63. The van der Waals surface area contributed by atoms with Crippen LogP contribution in [0, 0.1) is 0 Å². The Morgan fingerprint density at radius 2 is 0.953 bits per heavy atom. The maximum atomic E-state index is 11.6. The smallest absolute Gasteiger partial charge is 0.201 e. The first-order valence-corrected chi connectivity index (χ1v) is 12.9. The van der Waals surface area contributed by atoms with E-state index in [0.29, 0.717) is 0 Å². The molecule has 0 saturated carbocycles. The summed E-state index contributed by atoms with van der Waals surface area (Å²) in [7, 11) is 0. The highest BCUT2D eigenvalue weighted by molar-refractivity contribution is 5.66. The molecule has 43 heavy (non-hydrogen) atoms. The number of phenolic OH excluding ortho intramolecular Hbond substituents is 8. The number of phenols is 8. The van der Waals surface area contributed by atoms with E-state index in [1.807, 2.05) is 0 Å². The first-order chi connectivity index (χ1) is 20.4. The molecule has 0 aromatic heterocycles. The van der Waals surface area contributed by atoms with Crippen molar-refractivity contribution in [1.29, 1.82) is 0 Å². The Kier molecular flexibility index (Phi) is 6.45. The third kappa shape index (κ3) is 4.29. The molecule has 0 saturated heterocycles. The third-order valence-electron chi connectivity index (χ3n) is 7.85. The summed E-state index contributed by atoms with van der Waals surface area (Å²) >= 11 is 0. The van der Waals surface area contributed by atoms with Crippen LogP contribution >= 0.6 is 0 Å². The van der Waals surface area contributed by atoms with Crippen molar-refractivity contribution in [1.82, 2.24) is 0 Å². The molecule has 4 aromatic rings. The number of fused-ring (bicyclic) bond motifs is 2. The number of hydrogen-bond donors (Lipinski definition) is 11. The lowest BCUT2D eigenvalue weighted by Gasteiger charge is -2.39. The van der Waals surface area contributed by atoms with Gasteiger partial charge >= 0.3 is 0 Å². The average Bonchev–Trinajstić information content (AvgIpc) is 2.98. The van der Waals surface area contributed by atoms with Crippen molar-refractivity contribution in [3.05, 3.63) is 82.4 Å². The maximum absolute atomic E-state index is 11.6. The molecule has 0 spiro atoms. The van der Waals surface area contributed by atoms with Crippen LogP contribution in [-0.2, 0) is 0 Å². The fraction of sp³-hybridized carbons (Fsp3) is 0.200. The van der Waals surface area contributed by atoms with Crippen LogP contribution < -0.4 is 9.47 Å². The minimum atomic E-state index is -1.72. The van der Waals surface area contributed by atoms with Crippen molar-refractivity contribution in [2.45, 2.75) is 36.4 Å². The van der Waals surface area contributed by atoms with Gasteiger partial charge in [0, 0.05) is 22.6 Å². The first kappa shape index (κ1) is 27.9. The third-order valence-corrected chi connectivity index (χ3v) is 7.85. The molecule has 11 N–H and O–H groups in total. The van der Waals surface area contributed by atoms with Gasteiger partial charge in [-0.15, -0.1) is 0 Å². The summed E-state index contributed by atoms with van der Waals surface area (Å²) < 4.78 is 11.6. The number of aliphatic hydroxyl groups excluding tert-OH is 3. The van der Waals surface area contributed by atoms with Gasteiger partial charge in [0.2, 0.25) is 11.5 Å². The Bertz CT molecular complexity index is 1750. The minimum Gasteiger partial charge on any atom is -0.504 e. The summed E-state index contributed by atoms with van der Waals surface area (Å²) in [5.41, 5.74) is 0.00293. The second-order valence-electron chi connectivity index (χ2n) is 10.4. The molecule has 13 heteroatoms. The Balaban J connectivity index is 1.49. The van der Waals surface area contributed by atoms with Gasteiger partial charge < -0.3 is 65.6 Å². The molecule has 2 aliphatic rings. The van der Waals surface area contributed by atoms with Crippen LogP contribution in [0.4, 0.5) is 0 Å². The lowest BCUT2D eigenvalue weighted by atomic mass is 9.78. The van der Waals surface area contributed by atoms with E-state index in [1.165, 1.54) is 24.3 Å². The Hall–Kier alpha value is -5.24. The second kappa shape index (κ2) is 9.94. The summed E-state index contributed by atoms with van der Waals surface area (Å²) in [4.78, 5) is 0. The van der Waals surface area contributed by atoms with E-state index >= 15 is 0 Å². The van der Waals surface area contributed by atoms with E-state index in [-0.39, 0.29) is 33.6 Å². The van der Waals surface area contributed by atoms with Crippen LogP contribution in [0.25, 0.3) is 0 Å². The quantitative estimate of drug-likeness (QED) is 0.153. The van der Waals surface area contributed by atoms with E-state index in [4.69, 9.17) is 9.47 Å². The van der Waals surface area contributed by atoms with E-state index in [2.05, 4.69) is 0 Å². The van der Waals surface area contributed by atoms with Gasteiger partial charge in [0.1, 0.15) is 18.3 Å². The summed E-state index contributed by atoms with van der Waals surface area (Å²) in [5, 5.41) is 116. The minimum absolute atomic E-state index is 0.0703. The highest BCUT2D eigenvalue weighted by Crippen LogP contribution is 2.57. The van der Waals surface area contributed by atoms with Gasteiger partial charge in [-0.1, -0.05) is 18.2 Å². The number of benzene rings is 4. The van der Waals surface area contributed by atoms with Gasteiger partial charge in [0.05, 0.1) is 0 Å². The number of aliphatic hydroxyl groups is 3. The summed E-state index contributed by atoms with van der Waals surface area (Å²) in [6.45, 7) is 0. The van der Waals surface area contributed by atoms with Crippen LogP contribution in [0.3, 0.4) is 0 Å². The predicted octanol–water partition coefficient (Wildman–Crippen LogP) is 2.49. The normalized spacial score (nSPS) is 24.3. The monoisotopic (exact) mass is 594 g/mol. The predicted molar refractivity (Wildman–Crippen MR) is 145 cm³/mol. The first-order valence-electron chi connectivity index (χ1n) is 12.9. The van der Waals surface area contributed by atoms with Crippen LogP contribution in [0.2, 0.25) is 0 Å². The molecule has 224 valence electrons. The molecule has 0 fully saturated rings. The molecule has 2 heterocycles. The Morgan fingerprint density at radius 3 is 1.51 bits per heavy atom. The average molecular weight is 595 g/mol. The molecule has 0 radical (unpaired) electrons. The summed E-state index contributed by atoms with van der Waals surface area (Å²) in [5.74, 6) is -6.80. The zero-order chi connectivity index (χ0) is 30.9. The molecule has 6 rings (SSSR count). The maximum Gasteiger partial charge on any atom is 0.201 e. The number of hydrogen-bond acceptors (Lipinski definition) is 13. The largest absolute Gasteiger partial charge is 0.504 e. The second-order valence-corrected chi connectivity index (χ2v) is 10.4. The highest BCUT2D eigenvalue weighted by Gasteiger charge is 2.45. The van der Waals surface area contributed by atoms with Gasteiger partial charge in [-0.2, -0.15) is 0 Å². The molecule has 13 nitrogen and oxygen atoms in total. The lowest BCUT2D eigenvalue weighted by molar-refractivity contribution is -0.0712. The van der Waals surface area contributed by atoms with Gasteiger partial charge in [-0.05, 0) is 47.5 Å². The SMILES string of the molecule is Oc1ccc([C@H]2Oc3c(ccc(O)c3O)[C@@H](c3cc4c(c(O)c3O)O[C@H](c3ccc(O)c(O)c3)[C@@H](O)[C@H]4O)[C@H]2O)cc1O. The number of rotatable bonds is 3. The number of ether oxygens (including phenoxy) is 2. The zero-order valence-electron chi connectivity index (χ0n) is 21.9. The molecule has 4 aromatic carbocycles. The van der Waals surface area contributed by atoms with E-state index in [1.54, 1.807) is 0 Å². The summed E-state index contributed by atoms with van der Waals surface area (Å²) in [6, 6.07) is 10.8. The van der Waals surface area contributed by atoms with Gasteiger partial charge in [-0.3, -0.25) is 0 Å². The molecule has 0 aliphatic carbocycles. The lowest BCUT2D eigenvalue weighted by Crippen LogP contribution is -2.36. The van der Waals surface area contributed by atoms with Crippen molar-refractivity contribution in [3.8, 4) is 57.5 Å². The van der Waals surface area contributed by atoms with Gasteiger partial charge in [-0.25, -0.2) is 0 Å². The van der Waals surface area contributed by atoms with Crippen molar-refractivity contribution in [2.75, 3.05) is 0 Å². The zero-order valence-corrected chi connectivity index (χ0v) is 21.9. The number of aromatic hydroxyl groups is 8. The van der Waals surface area contributed by atoms with E-state index in [0.717, 1.165) is 30.3 Å². The van der Waals surface area contributed by atoms with Crippen LogP contribution in [0.1, 0.15) is 52.0 Å². The van der Waals surface area contributed by atoms with Crippen molar-refractivity contribution < 1.29 is 65.6 Å². The van der Waals surface area contributed by atoms with Gasteiger partial charge in [0.15, 0.2) is 58.2 Å². The highest BCUT2D eigenvalue weighted by atomic mass is 16.5. The van der Waals surface area contributed by atoms with Crippen molar-refractivity contribution >= 4 is 0 Å². The molecular weight excluding hydrogens is 568 g/mol. The van der Waals surface area contributed by atoms with Crippen LogP contribution in [-0.4, -0.2) is 68.4 Å². The fourth-order valence-corrected chi connectivity index (χ4v) is 5.63. The standard InChI is InChI=1S/C30H26O13/c31-15-4-1-10(7-18(15)34)27-24(39)20(12-3-6-17(33)23(38)29(12)42-27)13-9-14-22(37)25(40)28(43-30(14)26(41)21(13)36)11-2-5-16(32)19(35)8-11/h1-9,20,22,24-25,27-28,31-41H/t20-,22-,24+,25-,27+,28+/m0/s1. The molecular formula is C30H26O13. The molecule has 6 atom stereocenters. The molecule has 0 unspecified atom stereocenters. The van der Waals surface area contributed by atoms with E-state index < -0.39 is 88.2 Å². The van der Waals surface area contributed by atoms with Gasteiger partial charge in [0.25, 0.3) is 0 Å².